The van der Waals surface area contributed by atoms with Gasteiger partial charge in [-0.05, 0) is 32.6 Å². The number of aliphatic hydroxyl groups is 1. The largest absolute Gasteiger partial charge is 0.481 e. The number of nitrogens with two attached hydrogens (primary N) is 1. The lowest BCUT2D eigenvalue weighted by Crippen LogP contribution is -2.57. The van der Waals surface area contributed by atoms with Crippen molar-refractivity contribution in [2.75, 3.05) is 0 Å². The monoisotopic (exact) mass is 432 g/mol. The standard InChI is InChI=1S/C18H32N4O8/c1-8(2)7-11(19)16(27)20-9(3)15(26)21-12(5-6-13(24)25)17(28)22-14(10(4)23)18(29)30/h8-12,14,23H,5-7,19H2,1-4H3,(H,20,27)(H,21,26)(H,22,28)(H,24,25)(H,29,30). The van der Waals surface area contributed by atoms with Gasteiger partial charge in [-0.25, -0.2) is 4.79 Å². The van der Waals surface area contributed by atoms with E-state index in [-0.39, 0.29) is 12.3 Å². The molecule has 0 radical (unpaired) electrons. The van der Waals surface area contributed by atoms with Crippen LogP contribution in [0.4, 0.5) is 0 Å². The van der Waals surface area contributed by atoms with Crippen LogP contribution in [0, 0.1) is 5.92 Å². The average molecular weight is 432 g/mol. The Hall–Kier alpha value is -2.73. The van der Waals surface area contributed by atoms with Gasteiger partial charge in [0.25, 0.3) is 0 Å². The van der Waals surface area contributed by atoms with E-state index in [4.69, 9.17) is 15.9 Å². The molecule has 8 N–H and O–H groups in total. The molecule has 0 aromatic heterocycles. The number of rotatable bonds is 13. The Morgan fingerprint density at radius 2 is 1.43 bits per heavy atom. The summed E-state index contributed by atoms with van der Waals surface area (Å²) in [4.78, 5) is 58.8. The molecule has 0 fully saturated rings. The van der Waals surface area contributed by atoms with E-state index < -0.39 is 66.4 Å². The number of aliphatic hydroxyl groups excluding tert-OH is 1. The number of carbonyl (C=O) groups is 5. The zero-order valence-electron chi connectivity index (χ0n) is 17.5. The minimum absolute atomic E-state index is 0.162. The van der Waals surface area contributed by atoms with Crippen molar-refractivity contribution in [1.29, 1.82) is 0 Å². The zero-order chi connectivity index (χ0) is 23.6. The summed E-state index contributed by atoms with van der Waals surface area (Å²) < 4.78 is 0. The molecule has 3 amide bonds. The van der Waals surface area contributed by atoms with Crippen molar-refractivity contribution in [3.63, 3.8) is 0 Å². The van der Waals surface area contributed by atoms with Crippen LogP contribution >= 0.6 is 0 Å². The zero-order valence-corrected chi connectivity index (χ0v) is 17.5. The third kappa shape index (κ3) is 10.2. The SMILES string of the molecule is CC(C)CC(N)C(=O)NC(C)C(=O)NC(CCC(=O)O)C(=O)NC(C(=O)O)C(C)O. The number of aliphatic carboxylic acids is 2. The third-order valence-corrected chi connectivity index (χ3v) is 4.14. The van der Waals surface area contributed by atoms with Crippen LogP contribution in [0.2, 0.25) is 0 Å². The first-order valence-electron chi connectivity index (χ1n) is 9.55. The molecule has 172 valence electrons. The predicted octanol–water partition coefficient (Wildman–Crippen LogP) is -1.84. The number of carboxylic acids is 2. The van der Waals surface area contributed by atoms with Crippen LogP contribution in [0.3, 0.4) is 0 Å². The second-order valence-corrected chi connectivity index (χ2v) is 7.53. The smallest absolute Gasteiger partial charge is 0.328 e. The number of nitrogens with one attached hydrogen (secondary N) is 3. The molecule has 0 bridgehead atoms. The molecular weight excluding hydrogens is 400 g/mol. The van der Waals surface area contributed by atoms with Crippen molar-refractivity contribution in [3.05, 3.63) is 0 Å². The fourth-order valence-corrected chi connectivity index (χ4v) is 2.48. The van der Waals surface area contributed by atoms with E-state index in [1.807, 2.05) is 13.8 Å². The van der Waals surface area contributed by atoms with Crippen molar-refractivity contribution >= 4 is 29.7 Å². The quantitative estimate of drug-likeness (QED) is 0.174. The van der Waals surface area contributed by atoms with Crippen molar-refractivity contribution in [2.45, 2.75) is 77.2 Å². The van der Waals surface area contributed by atoms with Gasteiger partial charge in [-0.3, -0.25) is 19.2 Å². The van der Waals surface area contributed by atoms with Crippen LogP contribution in [-0.2, 0) is 24.0 Å². The maximum absolute atomic E-state index is 12.4. The summed E-state index contributed by atoms with van der Waals surface area (Å²) in [7, 11) is 0. The number of carboxylic acid groups (broad SMARTS) is 2. The summed E-state index contributed by atoms with van der Waals surface area (Å²) in [5.41, 5.74) is 5.76. The molecular formula is C18H32N4O8. The van der Waals surface area contributed by atoms with Gasteiger partial charge in [-0.15, -0.1) is 0 Å². The highest BCUT2D eigenvalue weighted by atomic mass is 16.4. The Morgan fingerprint density at radius 3 is 1.87 bits per heavy atom. The minimum Gasteiger partial charge on any atom is -0.481 e. The Balaban J connectivity index is 5.15. The van der Waals surface area contributed by atoms with Gasteiger partial charge in [0.05, 0.1) is 12.1 Å². The van der Waals surface area contributed by atoms with Gasteiger partial charge in [0.2, 0.25) is 17.7 Å². The normalized spacial score (nSPS) is 16.0. The first-order chi connectivity index (χ1) is 13.8. The third-order valence-electron chi connectivity index (χ3n) is 4.14. The van der Waals surface area contributed by atoms with E-state index in [2.05, 4.69) is 16.0 Å². The maximum atomic E-state index is 12.4. The molecule has 30 heavy (non-hydrogen) atoms. The highest BCUT2D eigenvalue weighted by molar-refractivity contribution is 5.94. The van der Waals surface area contributed by atoms with Gasteiger partial charge in [0, 0.05) is 6.42 Å². The minimum atomic E-state index is -1.65. The molecule has 0 aromatic carbocycles. The van der Waals surface area contributed by atoms with E-state index in [1.165, 1.54) is 6.92 Å². The van der Waals surface area contributed by atoms with Gasteiger partial charge in [-0.1, -0.05) is 13.8 Å². The Labute approximate surface area is 174 Å². The number of hydrogen-bond donors (Lipinski definition) is 7. The highest BCUT2D eigenvalue weighted by Crippen LogP contribution is 2.04. The second-order valence-electron chi connectivity index (χ2n) is 7.53. The predicted molar refractivity (Wildman–Crippen MR) is 105 cm³/mol. The van der Waals surface area contributed by atoms with Crippen molar-refractivity contribution in [1.82, 2.24) is 16.0 Å². The summed E-state index contributed by atoms with van der Waals surface area (Å²) in [6.45, 7) is 6.28. The van der Waals surface area contributed by atoms with Gasteiger partial charge in [0.15, 0.2) is 6.04 Å². The van der Waals surface area contributed by atoms with Gasteiger partial charge >= 0.3 is 11.9 Å². The number of carbonyl (C=O) groups excluding carboxylic acids is 3. The molecule has 12 nitrogen and oxygen atoms in total. The summed E-state index contributed by atoms with van der Waals surface area (Å²) in [6, 6.07) is -4.94. The topological polar surface area (TPSA) is 208 Å². The molecule has 5 unspecified atom stereocenters. The van der Waals surface area contributed by atoms with Crippen LogP contribution in [0.1, 0.15) is 47.0 Å². The molecule has 0 saturated carbocycles. The van der Waals surface area contributed by atoms with Crippen LogP contribution < -0.4 is 21.7 Å². The van der Waals surface area contributed by atoms with E-state index >= 15 is 0 Å². The van der Waals surface area contributed by atoms with Crippen LogP contribution in [0.25, 0.3) is 0 Å². The second kappa shape index (κ2) is 12.8. The fraction of sp³-hybridized carbons (Fsp3) is 0.722. The van der Waals surface area contributed by atoms with Crippen molar-refractivity contribution in [2.24, 2.45) is 11.7 Å². The van der Waals surface area contributed by atoms with Gasteiger partial charge < -0.3 is 37.0 Å². The molecule has 0 aliphatic carbocycles. The van der Waals surface area contributed by atoms with Crippen LogP contribution in [0.5, 0.6) is 0 Å². The summed E-state index contributed by atoms with van der Waals surface area (Å²) >= 11 is 0. The average Bonchev–Trinajstić information content (AvgIpc) is 2.60. The van der Waals surface area contributed by atoms with E-state index in [0.29, 0.717) is 6.42 Å². The molecule has 0 aliphatic rings. The Morgan fingerprint density at radius 1 is 0.867 bits per heavy atom. The Kier molecular flexibility index (Phi) is 11.6. The molecule has 0 rings (SSSR count). The van der Waals surface area contributed by atoms with Crippen molar-refractivity contribution in [3.8, 4) is 0 Å². The molecule has 12 heteroatoms. The van der Waals surface area contributed by atoms with E-state index in [1.54, 1.807) is 0 Å². The molecule has 0 spiro atoms. The molecule has 5 atom stereocenters. The lowest BCUT2D eigenvalue weighted by atomic mass is 10.0. The molecule has 0 aromatic rings. The maximum Gasteiger partial charge on any atom is 0.328 e. The van der Waals surface area contributed by atoms with E-state index in [9.17, 15) is 29.1 Å². The first-order valence-corrected chi connectivity index (χ1v) is 9.55. The van der Waals surface area contributed by atoms with Crippen molar-refractivity contribution < 1.29 is 39.3 Å². The van der Waals surface area contributed by atoms with Gasteiger partial charge in [-0.2, -0.15) is 0 Å². The molecule has 0 saturated heterocycles. The lowest BCUT2D eigenvalue weighted by Gasteiger charge is -2.24. The Bertz CT molecular complexity index is 638. The summed E-state index contributed by atoms with van der Waals surface area (Å²) in [6.07, 6.45) is -1.83. The number of hydrogen-bond acceptors (Lipinski definition) is 7. The number of amides is 3. The lowest BCUT2D eigenvalue weighted by molar-refractivity contribution is -0.145. The van der Waals surface area contributed by atoms with Crippen LogP contribution in [0.15, 0.2) is 0 Å². The van der Waals surface area contributed by atoms with Gasteiger partial charge in [0.1, 0.15) is 12.1 Å². The van der Waals surface area contributed by atoms with E-state index in [0.717, 1.165) is 6.92 Å². The summed E-state index contributed by atoms with van der Waals surface area (Å²) in [5, 5.41) is 34.2. The highest BCUT2D eigenvalue weighted by Gasteiger charge is 2.31. The fourth-order valence-electron chi connectivity index (χ4n) is 2.48. The van der Waals surface area contributed by atoms with Crippen LogP contribution in [-0.4, -0.2) is 75.3 Å². The first kappa shape index (κ1) is 27.3. The molecule has 0 heterocycles. The summed E-state index contributed by atoms with van der Waals surface area (Å²) in [5.74, 6) is -4.88. The molecule has 0 aliphatic heterocycles.